The Hall–Kier alpha value is -1.86. The van der Waals surface area contributed by atoms with Crippen LogP contribution < -0.4 is 10.2 Å². The van der Waals surface area contributed by atoms with E-state index in [9.17, 15) is 0 Å². The molecule has 1 rings (SSSR count). The third-order valence-electron chi connectivity index (χ3n) is 2.30. The standard InChI is InChI=1S/C14H17N3S/c1-12(2)11-16-14(18)17(10-6-9-15)13-7-4-3-5-8-13/h3-5,7-8H,1,6,10-11H2,2H3,(H,16,18). The lowest BCUT2D eigenvalue weighted by molar-refractivity contribution is 0.913. The molecule has 0 heterocycles. The van der Waals surface area contributed by atoms with E-state index < -0.39 is 0 Å². The maximum Gasteiger partial charge on any atom is 0.173 e. The predicted molar refractivity (Wildman–Crippen MR) is 79.4 cm³/mol. The Morgan fingerprint density at radius 2 is 2.11 bits per heavy atom. The fourth-order valence-corrected chi connectivity index (χ4v) is 1.71. The van der Waals surface area contributed by atoms with E-state index in [2.05, 4.69) is 18.0 Å². The molecule has 0 aliphatic rings. The Balaban J connectivity index is 2.75. The van der Waals surface area contributed by atoms with E-state index in [0.717, 1.165) is 11.3 Å². The zero-order valence-electron chi connectivity index (χ0n) is 10.5. The summed E-state index contributed by atoms with van der Waals surface area (Å²) in [5.74, 6) is 0. The van der Waals surface area contributed by atoms with Crippen LogP contribution in [0.1, 0.15) is 13.3 Å². The summed E-state index contributed by atoms with van der Waals surface area (Å²) < 4.78 is 0. The van der Waals surface area contributed by atoms with Crippen molar-refractivity contribution in [3.63, 3.8) is 0 Å². The van der Waals surface area contributed by atoms with Gasteiger partial charge in [-0.1, -0.05) is 30.4 Å². The number of thiocarbonyl (C=S) groups is 1. The molecule has 0 aliphatic heterocycles. The van der Waals surface area contributed by atoms with Gasteiger partial charge in [-0.05, 0) is 31.3 Å². The second-order valence-corrected chi connectivity index (χ2v) is 4.40. The Bertz CT molecular complexity index is 448. The van der Waals surface area contributed by atoms with E-state index in [4.69, 9.17) is 17.5 Å². The maximum absolute atomic E-state index is 8.71. The fraction of sp³-hybridized carbons (Fsp3) is 0.286. The van der Waals surface area contributed by atoms with Gasteiger partial charge in [0.15, 0.2) is 5.11 Å². The molecule has 18 heavy (non-hydrogen) atoms. The predicted octanol–water partition coefficient (Wildman–Crippen LogP) is 2.86. The van der Waals surface area contributed by atoms with Gasteiger partial charge in [-0.2, -0.15) is 5.26 Å². The summed E-state index contributed by atoms with van der Waals surface area (Å²) in [7, 11) is 0. The van der Waals surface area contributed by atoms with Crippen molar-refractivity contribution in [3.05, 3.63) is 42.5 Å². The van der Waals surface area contributed by atoms with Gasteiger partial charge in [-0.15, -0.1) is 0 Å². The minimum absolute atomic E-state index is 0.434. The lowest BCUT2D eigenvalue weighted by Crippen LogP contribution is -2.41. The molecule has 0 unspecified atom stereocenters. The molecule has 3 nitrogen and oxygen atoms in total. The van der Waals surface area contributed by atoms with Crippen LogP contribution in [-0.2, 0) is 0 Å². The third kappa shape index (κ3) is 4.56. The quantitative estimate of drug-likeness (QED) is 0.652. The van der Waals surface area contributed by atoms with E-state index in [0.29, 0.717) is 24.6 Å². The number of hydrogen-bond donors (Lipinski definition) is 1. The molecule has 0 atom stereocenters. The molecule has 0 saturated carbocycles. The van der Waals surface area contributed by atoms with Gasteiger partial charge in [0, 0.05) is 18.8 Å². The van der Waals surface area contributed by atoms with Crippen LogP contribution in [0.15, 0.2) is 42.5 Å². The zero-order chi connectivity index (χ0) is 13.4. The number of benzene rings is 1. The summed E-state index contributed by atoms with van der Waals surface area (Å²) in [6, 6.07) is 12.0. The average Bonchev–Trinajstić information content (AvgIpc) is 2.38. The van der Waals surface area contributed by atoms with Crippen molar-refractivity contribution in [2.24, 2.45) is 0 Å². The van der Waals surface area contributed by atoms with Gasteiger partial charge in [-0.25, -0.2) is 0 Å². The minimum atomic E-state index is 0.434. The molecule has 0 amide bonds. The highest BCUT2D eigenvalue weighted by molar-refractivity contribution is 7.80. The molecule has 0 aromatic heterocycles. The summed E-state index contributed by atoms with van der Waals surface area (Å²) in [5, 5.41) is 12.5. The van der Waals surface area contributed by atoms with Crippen LogP contribution in [0.25, 0.3) is 0 Å². The number of hydrogen-bond acceptors (Lipinski definition) is 2. The first-order chi connectivity index (χ1) is 8.65. The molecule has 1 aromatic rings. The summed E-state index contributed by atoms with van der Waals surface area (Å²) in [5.41, 5.74) is 2.01. The summed E-state index contributed by atoms with van der Waals surface area (Å²) in [4.78, 5) is 1.93. The molecular weight excluding hydrogens is 242 g/mol. The number of anilines is 1. The Labute approximate surface area is 114 Å². The van der Waals surface area contributed by atoms with Gasteiger partial charge in [0.2, 0.25) is 0 Å². The van der Waals surface area contributed by atoms with E-state index in [-0.39, 0.29) is 0 Å². The highest BCUT2D eigenvalue weighted by Crippen LogP contribution is 2.13. The van der Waals surface area contributed by atoms with Crippen molar-refractivity contribution >= 4 is 23.0 Å². The molecule has 0 aliphatic carbocycles. The van der Waals surface area contributed by atoms with E-state index in [1.807, 2.05) is 42.2 Å². The van der Waals surface area contributed by atoms with E-state index in [1.165, 1.54) is 0 Å². The summed E-state index contributed by atoms with van der Waals surface area (Å²) >= 11 is 5.35. The van der Waals surface area contributed by atoms with E-state index >= 15 is 0 Å². The Morgan fingerprint density at radius 3 is 2.67 bits per heavy atom. The SMILES string of the molecule is C=C(C)CNC(=S)N(CCC#N)c1ccccc1. The molecular formula is C14H17N3S. The highest BCUT2D eigenvalue weighted by Gasteiger charge is 2.10. The van der Waals surface area contributed by atoms with Crippen molar-refractivity contribution < 1.29 is 0 Å². The first kappa shape index (κ1) is 14.2. The second-order valence-electron chi connectivity index (χ2n) is 4.01. The van der Waals surface area contributed by atoms with Crippen LogP contribution in [0.2, 0.25) is 0 Å². The highest BCUT2D eigenvalue weighted by atomic mass is 32.1. The first-order valence-corrected chi connectivity index (χ1v) is 6.17. The van der Waals surface area contributed by atoms with Crippen LogP contribution in [-0.4, -0.2) is 18.2 Å². The van der Waals surface area contributed by atoms with Crippen molar-refractivity contribution in [1.29, 1.82) is 5.26 Å². The molecule has 1 aromatic carbocycles. The Morgan fingerprint density at radius 1 is 1.44 bits per heavy atom. The van der Waals surface area contributed by atoms with Crippen LogP contribution in [0.5, 0.6) is 0 Å². The van der Waals surface area contributed by atoms with Crippen LogP contribution >= 0.6 is 12.2 Å². The van der Waals surface area contributed by atoms with Crippen LogP contribution in [0, 0.1) is 11.3 Å². The summed E-state index contributed by atoms with van der Waals surface area (Å²) in [6.07, 6.45) is 0.434. The smallest absolute Gasteiger partial charge is 0.173 e. The van der Waals surface area contributed by atoms with Crippen LogP contribution in [0.3, 0.4) is 0 Å². The molecule has 94 valence electrons. The first-order valence-electron chi connectivity index (χ1n) is 5.77. The third-order valence-corrected chi connectivity index (χ3v) is 2.67. The number of rotatable bonds is 5. The largest absolute Gasteiger partial charge is 0.359 e. The second kappa shape index (κ2) is 7.46. The van der Waals surface area contributed by atoms with Gasteiger partial charge in [0.25, 0.3) is 0 Å². The number of nitrogens with zero attached hydrogens (tertiary/aromatic N) is 2. The van der Waals surface area contributed by atoms with Gasteiger partial charge in [-0.3, -0.25) is 0 Å². The Kier molecular flexibility index (Phi) is 5.89. The molecule has 0 radical (unpaired) electrons. The van der Waals surface area contributed by atoms with Crippen molar-refractivity contribution in [2.75, 3.05) is 18.0 Å². The van der Waals surface area contributed by atoms with Crippen molar-refractivity contribution in [2.45, 2.75) is 13.3 Å². The molecule has 4 heteroatoms. The number of nitrogens with one attached hydrogen (secondary N) is 1. The molecule has 0 spiro atoms. The lowest BCUT2D eigenvalue weighted by Gasteiger charge is -2.25. The number of para-hydroxylation sites is 1. The normalized spacial score (nSPS) is 9.33. The minimum Gasteiger partial charge on any atom is -0.359 e. The molecule has 0 fully saturated rings. The average molecular weight is 259 g/mol. The molecule has 0 bridgehead atoms. The lowest BCUT2D eigenvalue weighted by atomic mass is 10.3. The number of nitriles is 1. The monoisotopic (exact) mass is 259 g/mol. The van der Waals surface area contributed by atoms with Crippen molar-refractivity contribution in [3.8, 4) is 6.07 Å². The molecule has 0 saturated heterocycles. The van der Waals surface area contributed by atoms with Gasteiger partial charge < -0.3 is 10.2 Å². The zero-order valence-corrected chi connectivity index (χ0v) is 11.3. The van der Waals surface area contributed by atoms with Gasteiger partial charge in [0.05, 0.1) is 12.5 Å². The fourth-order valence-electron chi connectivity index (χ4n) is 1.44. The topological polar surface area (TPSA) is 39.1 Å². The summed E-state index contributed by atoms with van der Waals surface area (Å²) in [6.45, 7) is 7.00. The maximum atomic E-state index is 8.71. The van der Waals surface area contributed by atoms with E-state index in [1.54, 1.807) is 0 Å². The van der Waals surface area contributed by atoms with Crippen molar-refractivity contribution in [1.82, 2.24) is 5.32 Å². The van der Waals surface area contributed by atoms with Gasteiger partial charge >= 0.3 is 0 Å². The van der Waals surface area contributed by atoms with Gasteiger partial charge in [0.1, 0.15) is 0 Å². The molecule has 1 N–H and O–H groups in total. The van der Waals surface area contributed by atoms with Crippen LogP contribution in [0.4, 0.5) is 5.69 Å².